The highest BCUT2D eigenvalue weighted by Crippen LogP contribution is 1.92. The van der Waals surface area contributed by atoms with Crippen molar-refractivity contribution in [2.75, 3.05) is 26.2 Å². The summed E-state index contributed by atoms with van der Waals surface area (Å²) >= 11 is 0. The fraction of sp³-hybridized carbons (Fsp3) is 1.00. The predicted molar refractivity (Wildman–Crippen MR) is 42.9 cm³/mol. The molecule has 1 aliphatic heterocycles. The fourth-order valence-corrected chi connectivity index (χ4v) is 1.27. The Bertz CT molecular complexity index is 76.9. The maximum atomic E-state index is 5.44. The molecule has 10 heavy (non-hydrogen) atoms. The van der Waals surface area contributed by atoms with Crippen LogP contribution in [0.2, 0.25) is 0 Å². The van der Waals surface area contributed by atoms with Crippen LogP contribution >= 0.6 is 0 Å². The minimum atomic E-state index is 0.604. The average molecular weight is 143 g/mol. The Morgan fingerprint density at radius 1 is 1.40 bits per heavy atom. The third-order valence-electron chi connectivity index (χ3n) is 1.87. The van der Waals surface area contributed by atoms with Crippen molar-refractivity contribution in [1.29, 1.82) is 0 Å². The van der Waals surface area contributed by atoms with E-state index in [1.807, 2.05) is 0 Å². The first-order valence-electron chi connectivity index (χ1n) is 4.07. The smallest absolute Gasteiger partial charge is 0.0204 e. The number of nitrogens with one attached hydrogen (secondary N) is 2. The highest BCUT2D eigenvalue weighted by molar-refractivity contribution is 4.73. The molecular weight excluding hydrogens is 126 g/mol. The van der Waals surface area contributed by atoms with Crippen LogP contribution in [0.15, 0.2) is 0 Å². The molecule has 1 atom stereocenters. The molecule has 0 bridgehead atoms. The van der Waals surface area contributed by atoms with Gasteiger partial charge in [-0.1, -0.05) is 0 Å². The first-order valence-corrected chi connectivity index (χ1v) is 4.07. The van der Waals surface area contributed by atoms with Crippen molar-refractivity contribution in [1.82, 2.24) is 10.6 Å². The first-order chi connectivity index (χ1) is 4.93. The zero-order valence-corrected chi connectivity index (χ0v) is 6.40. The van der Waals surface area contributed by atoms with E-state index in [0.29, 0.717) is 6.04 Å². The van der Waals surface area contributed by atoms with Gasteiger partial charge in [0.05, 0.1) is 0 Å². The van der Waals surface area contributed by atoms with E-state index in [9.17, 15) is 0 Å². The molecule has 3 heteroatoms. The van der Waals surface area contributed by atoms with E-state index < -0.39 is 0 Å². The second kappa shape index (κ2) is 4.66. The van der Waals surface area contributed by atoms with Crippen molar-refractivity contribution >= 4 is 0 Å². The van der Waals surface area contributed by atoms with Gasteiger partial charge < -0.3 is 16.4 Å². The van der Waals surface area contributed by atoms with Crippen molar-refractivity contribution in [2.24, 2.45) is 5.73 Å². The monoisotopic (exact) mass is 143 g/mol. The Hall–Kier alpha value is -0.120. The summed E-state index contributed by atoms with van der Waals surface area (Å²) in [6.07, 6.45) is 2.33. The molecule has 3 nitrogen and oxygen atoms in total. The lowest BCUT2D eigenvalue weighted by Gasteiger charge is -2.13. The zero-order chi connectivity index (χ0) is 7.23. The van der Waals surface area contributed by atoms with Gasteiger partial charge in [-0.3, -0.25) is 0 Å². The molecule has 1 fully saturated rings. The molecule has 0 aliphatic carbocycles. The minimum Gasteiger partial charge on any atom is -0.330 e. The van der Waals surface area contributed by atoms with Gasteiger partial charge in [0.15, 0.2) is 0 Å². The Morgan fingerprint density at radius 2 is 2.30 bits per heavy atom. The molecule has 1 unspecified atom stereocenters. The van der Waals surface area contributed by atoms with Gasteiger partial charge in [0.25, 0.3) is 0 Å². The molecule has 1 saturated heterocycles. The Labute approximate surface area is 62.4 Å². The summed E-state index contributed by atoms with van der Waals surface area (Å²) in [4.78, 5) is 0. The second-order valence-electron chi connectivity index (χ2n) is 2.79. The van der Waals surface area contributed by atoms with E-state index in [0.717, 1.165) is 32.6 Å². The predicted octanol–water partition coefficient (Wildman–Crippen LogP) is -0.713. The molecule has 1 rings (SSSR count). The van der Waals surface area contributed by atoms with Crippen LogP contribution in [0.3, 0.4) is 0 Å². The summed E-state index contributed by atoms with van der Waals surface area (Å²) < 4.78 is 0. The standard InChI is InChI=1S/C7H17N3/c8-3-2-7-6-9-4-1-5-10-7/h7,9-10H,1-6,8H2. The molecule has 0 aromatic carbocycles. The highest BCUT2D eigenvalue weighted by Gasteiger charge is 2.08. The fourth-order valence-electron chi connectivity index (χ4n) is 1.27. The molecule has 0 aromatic rings. The SMILES string of the molecule is NCCC1CNCCCN1. The van der Waals surface area contributed by atoms with Crippen LogP contribution in [0.4, 0.5) is 0 Å². The van der Waals surface area contributed by atoms with E-state index in [4.69, 9.17) is 5.73 Å². The van der Waals surface area contributed by atoms with Gasteiger partial charge in [0.1, 0.15) is 0 Å². The van der Waals surface area contributed by atoms with Crippen molar-refractivity contribution in [3.63, 3.8) is 0 Å². The van der Waals surface area contributed by atoms with E-state index in [-0.39, 0.29) is 0 Å². The highest BCUT2D eigenvalue weighted by atomic mass is 15.0. The molecule has 0 aromatic heterocycles. The number of hydrogen-bond donors (Lipinski definition) is 3. The van der Waals surface area contributed by atoms with Gasteiger partial charge in [-0.2, -0.15) is 0 Å². The molecule has 0 spiro atoms. The summed E-state index contributed by atoms with van der Waals surface area (Å²) in [6.45, 7) is 4.16. The maximum absolute atomic E-state index is 5.44. The van der Waals surface area contributed by atoms with Gasteiger partial charge in [0, 0.05) is 12.6 Å². The molecular formula is C7H17N3. The van der Waals surface area contributed by atoms with Crippen LogP contribution in [0.5, 0.6) is 0 Å². The van der Waals surface area contributed by atoms with E-state index in [1.165, 1.54) is 6.42 Å². The largest absolute Gasteiger partial charge is 0.330 e. The van der Waals surface area contributed by atoms with E-state index in [1.54, 1.807) is 0 Å². The maximum Gasteiger partial charge on any atom is 0.0204 e. The number of hydrogen-bond acceptors (Lipinski definition) is 3. The van der Waals surface area contributed by atoms with Gasteiger partial charge in [-0.15, -0.1) is 0 Å². The third-order valence-corrected chi connectivity index (χ3v) is 1.87. The molecule has 0 saturated carbocycles. The number of nitrogens with two attached hydrogens (primary N) is 1. The Balaban J connectivity index is 2.15. The summed E-state index contributed by atoms with van der Waals surface area (Å²) in [7, 11) is 0. The summed E-state index contributed by atoms with van der Waals surface area (Å²) in [6, 6.07) is 0.604. The van der Waals surface area contributed by atoms with Crippen molar-refractivity contribution in [3.05, 3.63) is 0 Å². The zero-order valence-electron chi connectivity index (χ0n) is 6.40. The Morgan fingerprint density at radius 3 is 3.10 bits per heavy atom. The van der Waals surface area contributed by atoms with Crippen molar-refractivity contribution in [2.45, 2.75) is 18.9 Å². The molecule has 4 N–H and O–H groups in total. The van der Waals surface area contributed by atoms with Crippen LogP contribution in [0, 0.1) is 0 Å². The Kier molecular flexibility index (Phi) is 3.72. The normalized spacial score (nSPS) is 27.9. The van der Waals surface area contributed by atoms with Gasteiger partial charge in [0.2, 0.25) is 0 Å². The van der Waals surface area contributed by atoms with Gasteiger partial charge in [-0.25, -0.2) is 0 Å². The van der Waals surface area contributed by atoms with Crippen LogP contribution < -0.4 is 16.4 Å². The molecule has 0 amide bonds. The minimum absolute atomic E-state index is 0.604. The average Bonchev–Trinajstić information content (AvgIpc) is 2.17. The first kappa shape index (κ1) is 7.98. The van der Waals surface area contributed by atoms with Crippen molar-refractivity contribution in [3.8, 4) is 0 Å². The quantitative estimate of drug-likeness (QED) is 0.478. The lowest BCUT2D eigenvalue weighted by Crippen LogP contribution is -2.36. The lowest BCUT2D eigenvalue weighted by atomic mass is 10.2. The van der Waals surface area contributed by atoms with Crippen LogP contribution in [0.25, 0.3) is 0 Å². The molecule has 0 radical (unpaired) electrons. The lowest BCUT2D eigenvalue weighted by molar-refractivity contribution is 0.500. The van der Waals surface area contributed by atoms with Gasteiger partial charge in [-0.05, 0) is 32.5 Å². The molecule has 1 aliphatic rings. The summed E-state index contributed by atoms with van der Waals surface area (Å²) in [5, 5.41) is 6.80. The van der Waals surface area contributed by atoms with E-state index in [2.05, 4.69) is 10.6 Å². The van der Waals surface area contributed by atoms with Crippen molar-refractivity contribution < 1.29 is 0 Å². The third kappa shape index (κ3) is 2.64. The molecule has 60 valence electrons. The molecule has 1 heterocycles. The van der Waals surface area contributed by atoms with Crippen LogP contribution in [-0.4, -0.2) is 32.2 Å². The summed E-state index contributed by atoms with van der Waals surface area (Å²) in [5.41, 5.74) is 5.44. The topological polar surface area (TPSA) is 50.1 Å². The summed E-state index contributed by atoms with van der Waals surface area (Å²) in [5.74, 6) is 0. The van der Waals surface area contributed by atoms with E-state index >= 15 is 0 Å². The van der Waals surface area contributed by atoms with Crippen LogP contribution in [-0.2, 0) is 0 Å². The van der Waals surface area contributed by atoms with Gasteiger partial charge >= 0.3 is 0 Å². The van der Waals surface area contributed by atoms with Crippen LogP contribution in [0.1, 0.15) is 12.8 Å². The second-order valence-corrected chi connectivity index (χ2v) is 2.79. The number of rotatable bonds is 2.